The van der Waals surface area contributed by atoms with Gasteiger partial charge in [0.2, 0.25) is 0 Å². The highest BCUT2D eigenvalue weighted by Crippen LogP contribution is 2.55. The van der Waals surface area contributed by atoms with Gasteiger partial charge in [0.05, 0.1) is 0 Å². The van der Waals surface area contributed by atoms with Crippen LogP contribution < -0.4 is 0 Å². The monoisotopic (exact) mass is 734 g/mol. The molecule has 0 amide bonds. The number of benzene rings is 9. The molecule has 0 saturated heterocycles. The van der Waals surface area contributed by atoms with Gasteiger partial charge in [0.25, 0.3) is 0 Å². The van der Waals surface area contributed by atoms with Crippen LogP contribution >= 0.6 is 22.7 Å². The first-order chi connectivity index (χ1) is 27.1. The van der Waals surface area contributed by atoms with Crippen LogP contribution in [0.25, 0.3) is 106 Å². The van der Waals surface area contributed by atoms with Crippen LogP contribution in [0.5, 0.6) is 0 Å². The van der Waals surface area contributed by atoms with Gasteiger partial charge in [0, 0.05) is 56.9 Å². The van der Waals surface area contributed by atoms with E-state index < -0.39 is 0 Å². The summed E-state index contributed by atoms with van der Waals surface area (Å²) in [6.45, 7) is 4.82. The molecule has 2 heterocycles. The normalized spacial score (nSPS) is 13.4. The summed E-state index contributed by atoms with van der Waals surface area (Å²) in [6, 6.07) is 64.0. The van der Waals surface area contributed by atoms with E-state index in [2.05, 4.69) is 184 Å². The Morgan fingerprint density at radius 2 is 0.745 bits per heavy atom. The SMILES string of the molecule is CC1(C)c2ccccc2-c2cccc(-c3c4cccc(-c5cccc6c5sc5ccccc56)c4cc4c(-c5cccc6c5sc5ccccc56)cccc34)c21. The van der Waals surface area contributed by atoms with E-state index in [4.69, 9.17) is 0 Å². The number of thiophene rings is 2. The van der Waals surface area contributed by atoms with Gasteiger partial charge in [-0.3, -0.25) is 0 Å². The average Bonchev–Trinajstić information content (AvgIpc) is 3.88. The topological polar surface area (TPSA) is 0 Å². The maximum absolute atomic E-state index is 2.51. The van der Waals surface area contributed by atoms with E-state index in [0.29, 0.717) is 0 Å². The Labute approximate surface area is 327 Å². The zero-order valence-electron chi connectivity index (χ0n) is 30.5. The quantitative estimate of drug-likeness (QED) is 0.159. The third-order valence-electron chi connectivity index (χ3n) is 12.3. The molecule has 258 valence electrons. The number of hydrogen-bond acceptors (Lipinski definition) is 2. The highest BCUT2D eigenvalue weighted by molar-refractivity contribution is 7.26. The van der Waals surface area contributed by atoms with Crippen LogP contribution in [-0.4, -0.2) is 0 Å². The van der Waals surface area contributed by atoms with Gasteiger partial charge in [0.15, 0.2) is 0 Å². The van der Waals surface area contributed by atoms with Crippen molar-refractivity contribution in [3.8, 4) is 44.5 Å². The highest BCUT2D eigenvalue weighted by Gasteiger charge is 2.38. The summed E-state index contributed by atoms with van der Waals surface area (Å²) < 4.78 is 5.35. The zero-order chi connectivity index (χ0) is 36.4. The molecule has 0 unspecified atom stereocenters. The van der Waals surface area contributed by atoms with Crippen molar-refractivity contribution >= 4 is 84.6 Å². The van der Waals surface area contributed by atoms with Crippen LogP contribution in [-0.2, 0) is 5.41 Å². The van der Waals surface area contributed by atoms with Crippen LogP contribution in [0.15, 0.2) is 170 Å². The second kappa shape index (κ2) is 11.5. The minimum absolute atomic E-state index is 0.155. The molecule has 0 radical (unpaired) electrons. The van der Waals surface area contributed by atoms with E-state index in [1.54, 1.807) is 0 Å². The van der Waals surface area contributed by atoms with Crippen LogP contribution in [0.2, 0.25) is 0 Å². The Balaban J connectivity index is 1.24. The van der Waals surface area contributed by atoms with E-state index in [9.17, 15) is 0 Å². The fourth-order valence-corrected chi connectivity index (χ4v) is 12.4. The molecule has 1 aliphatic carbocycles. The van der Waals surface area contributed by atoms with E-state index >= 15 is 0 Å². The van der Waals surface area contributed by atoms with Gasteiger partial charge in [-0.2, -0.15) is 0 Å². The van der Waals surface area contributed by atoms with Gasteiger partial charge >= 0.3 is 0 Å². The molecule has 0 atom stereocenters. The first-order valence-corrected chi connectivity index (χ1v) is 20.7. The molecule has 9 aromatic carbocycles. The summed E-state index contributed by atoms with van der Waals surface area (Å²) in [4.78, 5) is 0. The van der Waals surface area contributed by atoms with E-state index in [0.717, 1.165) is 0 Å². The zero-order valence-corrected chi connectivity index (χ0v) is 32.1. The first-order valence-electron chi connectivity index (χ1n) is 19.1. The Bertz CT molecular complexity index is 3240. The fraction of sp³-hybridized carbons (Fsp3) is 0.0566. The average molecular weight is 735 g/mol. The van der Waals surface area contributed by atoms with Crippen LogP contribution in [0.1, 0.15) is 25.0 Å². The summed E-state index contributed by atoms with van der Waals surface area (Å²) in [6.07, 6.45) is 0. The van der Waals surface area contributed by atoms with Gasteiger partial charge in [-0.1, -0.05) is 166 Å². The van der Waals surface area contributed by atoms with Crippen molar-refractivity contribution in [1.29, 1.82) is 0 Å². The summed E-state index contributed by atoms with van der Waals surface area (Å²) in [5, 5.41) is 10.5. The Hall–Kier alpha value is -6.06. The van der Waals surface area contributed by atoms with Gasteiger partial charge < -0.3 is 0 Å². The van der Waals surface area contributed by atoms with Crippen molar-refractivity contribution in [3.05, 3.63) is 181 Å². The molecule has 0 spiro atoms. The molecule has 1 aliphatic rings. The van der Waals surface area contributed by atoms with Crippen molar-refractivity contribution in [2.45, 2.75) is 19.3 Å². The van der Waals surface area contributed by atoms with Crippen LogP contribution in [0.4, 0.5) is 0 Å². The van der Waals surface area contributed by atoms with Crippen molar-refractivity contribution in [2.75, 3.05) is 0 Å². The predicted molar refractivity (Wildman–Crippen MR) is 241 cm³/mol. The lowest BCUT2D eigenvalue weighted by molar-refractivity contribution is 0.662. The molecule has 2 heteroatoms. The van der Waals surface area contributed by atoms with Gasteiger partial charge in [-0.15, -0.1) is 22.7 Å². The third kappa shape index (κ3) is 4.33. The molecule has 2 aromatic heterocycles. The summed E-state index contributed by atoms with van der Waals surface area (Å²) in [7, 11) is 0. The van der Waals surface area contributed by atoms with Crippen molar-refractivity contribution in [3.63, 3.8) is 0 Å². The Morgan fingerprint density at radius 3 is 1.35 bits per heavy atom. The van der Waals surface area contributed by atoms with Gasteiger partial charge in [0.1, 0.15) is 0 Å². The molecule has 0 bridgehead atoms. The largest absolute Gasteiger partial charge is 0.135 e. The van der Waals surface area contributed by atoms with Gasteiger partial charge in [-0.05, 0) is 84.3 Å². The fourth-order valence-electron chi connectivity index (χ4n) is 9.90. The van der Waals surface area contributed by atoms with E-state index in [1.807, 2.05) is 22.7 Å². The Morgan fingerprint density at radius 1 is 0.327 bits per heavy atom. The number of rotatable bonds is 3. The van der Waals surface area contributed by atoms with Crippen LogP contribution in [0, 0.1) is 0 Å². The standard InChI is InChI=1S/C53H34S2/c1-53(2)46-27-6-3-14-33(46)38-21-11-26-43(50(38)53)49-36-19-9-17-31(39-22-12-24-41-34-15-4-7-28-47(34)54-51(39)41)44(36)30-45-32(18-10-20-37(45)49)40-23-13-25-42-35-16-5-8-29-48(35)55-52(40)42/h3-30H,1-2H3. The molecule has 0 aliphatic heterocycles. The molecule has 0 nitrogen and oxygen atoms in total. The number of fused-ring (bicyclic) bond motifs is 11. The van der Waals surface area contributed by atoms with E-state index in [-0.39, 0.29) is 5.41 Å². The summed E-state index contributed by atoms with van der Waals surface area (Å²) >= 11 is 3.82. The predicted octanol–water partition coefficient (Wildman–Crippen LogP) is 16.0. The molecule has 55 heavy (non-hydrogen) atoms. The highest BCUT2D eigenvalue weighted by atomic mass is 32.1. The smallest absolute Gasteiger partial charge is 0.0434 e. The van der Waals surface area contributed by atoms with E-state index in [1.165, 1.54) is 118 Å². The lowest BCUT2D eigenvalue weighted by Gasteiger charge is -2.26. The molecule has 11 aromatic rings. The Kier molecular flexibility index (Phi) is 6.53. The maximum Gasteiger partial charge on any atom is 0.0434 e. The second-order valence-corrected chi connectivity index (χ2v) is 17.6. The first kappa shape index (κ1) is 31.3. The minimum atomic E-state index is -0.155. The molecule has 0 saturated carbocycles. The molecule has 0 fully saturated rings. The molecule has 0 N–H and O–H groups in total. The van der Waals surface area contributed by atoms with Crippen molar-refractivity contribution in [1.82, 2.24) is 0 Å². The number of hydrogen-bond donors (Lipinski definition) is 0. The molecular formula is C53H34S2. The minimum Gasteiger partial charge on any atom is -0.135 e. The van der Waals surface area contributed by atoms with Crippen LogP contribution in [0.3, 0.4) is 0 Å². The van der Waals surface area contributed by atoms with Crippen molar-refractivity contribution in [2.24, 2.45) is 0 Å². The maximum atomic E-state index is 2.51. The molecular weight excluding hydrogens is 701 g/mol. The summed E-state index contributed by atoms with van der Waals surface area (Å²) in [5.74, 6) is 0. The lowest BCUT2D eigenvalue weighted by Crippen LogP contribution is -2.16. The molecule has 12 rings (SSSR count). The lowest BCUT2D eigenvalue weighted by atomic mass is 9.77. The summed E-state index contributed by atoms with van der Waals surface area (Å²) in [5.41, 5.74) is 13.2. The van der Waals surface area contributed by atoms with Gasteiger partial charge in [-0.25, -0.2) is 0 Å². The second-order valence-electron chi connectivity index (χ2n) is 15.5. The van der Waals surface area contributed by atoms with Crippen molar-refractivity contribution < 1.29 is 0 Å². The third-order valence-corrected chi connectivity index (χ3v) is 14.7.